The summed E-state index contributed by atoms with van der Waals surface area (Å²) in [5.41, 5.74) is 2.44. The van der Waals surface area contributed by atoms with Crippen LogP contribution < -0.4 is 5.32 Å². The topological polar surface area (TPSA) is 65.2 Å². The molecule has 1 heterocycles. The first-order valence-corrected chi connectivity index (χ1v) is 11.5. The number of fused-ring (bicyclic) bond motifs is 1. The van der Waals surface area contributed by atoms with E-state index in [0.717, 1.165) is 40.8 Å². The number of hydrogen-bond donors (Lipinski definition) is 2. The Morgan fingerprint density at radius 3 is 2.40 bits per heavy atom. The third-order valence-corrected chi connectivity index (χ3v) is 7.89. The highest BCUT2D eigenvalue weighted by atomic mass is 16.2. The lowest BCUT2D eigenvalue weighted by atomic mass is 9.49. The molecule has 0 spiro atoms. The molecule has 4 fully saturated rings. The van der Waals surface area contributed by atoms with E-state index >= 15 is 0 Å². The van der Waals surface area contributed by atoms with Gasteiger partial charge in [-0.3, -0.25) is 9.59 Å². The van der Waals surface area contributed by atoms with Gasteiger partial charge in [-0.05, 0) is 73.3 Å². The maximum absolute atomic E-state index is 13.5. The minimum Gasteiger partial charge on any atom is -0.361 e. The molecule has 6 rings (SSSR count). The standard InChI is InChI=1S/C25H33N3O2/c1-16(29)27-23(10-20-14-26-22-6-4-3-5-21(20)22)24(30)28(2)15-25-11-17-7-18(12-25)9-19(8-17)13-25/h3-6,14,17-19,23,26H,7-13,15H2,1-2H3,(H,27,29). The Balaban J connectivity index is 1.33. The van der Waals surface area contributed by atoms with Crippen LogP contribution in [0, 0.1) is 23.2 Å². The van der Waals surface area contributed by atoms with Gasteiger partial charge in [0.25, 0.3) is 0 Å². The largest absolute Gasteiger partial charge is 0.361 e. The van der Waals surface area contributed by atoms with E-state index in [1.165, 1.54) is 45.4 Å². The van der Waals surface area contributed by atoms with Gasteiger partial charge in [-0.25, -0.2) is 0 Å². The van der Waals surface area contributed by atoms with Crippen molar-refractivity contribution >= 4 is 22.7 Å². The van der Waals surface area contributed by atoms with Crippen molar-refractivity contribution in [2.45, 2.75) is 57.9 Å². The van der Waals surface area contributed by atoms with E-state index in [9.17, 15) is 9.59 Å². The van der Waals surface area contributed by atoms with Crippen LogP contribution in [0.25, 0.3) is 10.9 Å². The molecular formula is C25H33N3O2. The summed E-state index contributed by atoms with van der Waals surface area (Å²) in [7, 11) is 1.94. The Morgan fingerprint density at radius 2 is 1.77 bits per heavy atom. The second-order valence-corrected chi connectivity index (χ2v) is 10.4. The van der Waals surface area contributed by atoms with E-state index in [0.29, 0.717) is 11.8 Å². The van der Waals surface area contributed by atoms with Crippen molar-refractivity contribution in [1.82, 2.24) is 15.2 Å². The first-order chi connectivity index (χ1) is 14.4. The van der Waals surface area contributed by atoms with Gasteiger partial charge in [-0.1, -0.05) is 18.2 Å². The number of amides is 2. The zero-order valence-electron chi connectivity index (χ0n) is 18.1. The first kappa shape index (κ1) is 19.7. The van der Waals surface area contributed by atoms with Gasteiger partial charge in [-0.15, -0.1) is 0 Å². The molecule has 4 saturated carbocycles. The van der Waals surface area contributed by atoms with Crippen molar-refractivity contribution in [3.8, 4) is 0 Å². The second kappa shape index (κ2) is 7.44. The van der Waals surface area contributed by atoms with Gasteiger partial charge in [0.1, 0.15) is 6.04 Å². The number of carbonyl (C=O) groups excluding carboxylic acids is 2. The highest BCUT2D eigenvalue weighted by Gasteiger charge is 2.51. The molecule has 4 bridgehead atoms. The average Bonchev–Trinajstić information content (AvgIpc) is 3.08. The molecule has 2 amide bonds. The van der Waals surface area contributed by atoms with Crippen molar-refractivity contribution in [1.29, 1.82) is 0 Å². The van der Waals surface area contributed by atoms with Gasteiger partial charge in [0.15, 0.2) is 0 Å². The quantitative estimate of drug-likeness (QED) is 0.763. The minimum absolute atomic E-state index is 0.0335. The summed E-state index contributed by atoms with van der Waals surface area (Å²) in [5.74, 6) is 2.49. The van der Waals surface area contributed by atoms with Crippen LogP contribution in [0.4, 0.5) is 0 Å². The number of aromatic amines is 1. The van der Waals surface area contributed by atoms with Crippen LogP contribution in [-0.4, -0.2) is 41.3 Å². The van der Waals surface area contributed by atoms with E-state index in [-0.39, 0.29) is 11.8 Å². The van der Waals surface area contributed by atoms with Gasteiger partial charge in [0.05, 0.1) is 0 Å². The highest BCUT2D eigenvalue weighted by Crippen LogP contribution is 2.60. The molecule has 0 aliphatic heterocycles. The Kier molecular flexibility index (Phi) is 4.87. The van der Waals surface area contributed by atoms with Gasteiger partial charge in [-0.2, -0.15) is 0 Å². The number of H-pyrrole nitrogens is 1. The molecule has 1 aromatic carbocycles. The number of hydrogen-bond acceptors (Lipinski definition) is 2. The maximum Gasteiger partial charge on any atom is 0.245 e. The summed E-state index contributed by atoms with van der Waals surface area (Å²) in [6.45, 7) is 2.33. The Bertz CT molecular complexity index is 927. The molecule has 2 N–H and O–H groups in total. The molecule has 2 aromatic rings. The molecule has 5 nitrogen and oxygen atoms in total. The molecule has 30 heavy (non-hydrogen) atoms. The fourth-order valence-electron chi connectivity index (χ4n) is 7.30. The van der Waals surface area contributed by atoms with Gasteiger partial charge >= 0.3 is 0 Å². The number of likely N-dealkylation sites (N-methyl/N-ethyl adjacent to an activating group) is 1. The first-order valence-electron chi connectivity index (χ1n) is 11.5. The van der Waals surface area contributed by atoms with E-state index in [1.54, 1.807) is 0 Å². The Morgan fingerprint density at radius 1 is 1.13 bits per heavy atom. The molecule has 1 aromatic heterocycles. The third-order valence-electron chi connectivity index (χ3n) is 7.89. The predicted octanol–water partition coefficient (Wildman–Crippen LogP) is 3.89. The summed E-state index contributed by atoms with van der Waals surface area (Å²) in [4.78, 5) is 30.6. The predicted molar refractivity (Wildman–Crippen MR) is 118 cm³/mol. The van der Waals surface area contributed by atoms with Gasteiger partial charge in [0.2, 0.25) is 11.8 Å². The van der Waals surface area contributed by atoms with E-state index in [2.05, 4.69) is 16.4 Å². The SMILES string of the molecule is CC(=O)NC(Cc1c[nH]c2ccccc12)C(=O)N(C)CC12CC3CC(CC(C3)C1)C2. The van der Waals surface area contributed by atoms with E-state index < -0.39 is 6.04 Å². The molecule has 0 radical (unpaired) electrons. The molecule has 0 saturated heterocycles. The van der Waals surface area contributed by atoms with Gasteiger partial charge in [0, 0.05) is 44.0 Å². The van der Waals surface area contributed by atoms with Crippen molar-refractivity contribution in [2.75, 3.05) is 13.6 Å². The number of rotatable bonds is 6. The monoisotopic (exact) mass is 407 g/mol. The van der Waals surface area contributed by atoms with Crippen LogP contribution in [0.2, 0.25) is 0 Å². The Hall–Kier alpha value is -2.30. The van der Waals surface area contributed by atoms with Crippen molar-refractivity contribution in [3.05, 3.63) is 36.0 Å². The minimum atomic E-state index is -0.527. The fraction of sp³-hybridized carbons (Fsp3) is 0.600. The number of nitrogens with zero attached hydrogens (tertiary/aromatic N) is 1. The number of para-hydroxylation sites is 1. The van der Waals surface area contributed by atoms with Crippen LogP contribution in [0.15, 0.2) is 30.5 Å². The van der Waals surface area contributed by atoms with Crippen LogP contribution in [-0.2, 0) is 16.0 Å². The third kappa shape index (κ3) is 3.63. The molecule has 4 aliphatic carbocycles. The molecule has 1 unspecified atom stereocenters. The van der Waals surface area contributed by atoms with Crippen molar-refractivity contribution in [2.24, 2.45) is 23.2 Å². The van der Waals surface area contributed by atoms with Crippen LogP contribution in [0.1, 0.15) is 51.0 Å². The average molecular weight is 408 g/mol. The summed E-state index contributed by atoms with van der Waals surface area (Å²) < 4.78 is 0. The number of benzene rings is 1. The normalized spacial score (nSPS) is 30.4. The summed E-state index contributed by atoms with van der Waals surface area (Å²) in [6.07, 6.45) is 10.5. The number of nitrogens with one attached hydrogen (secondary N) is 2. The summed E-state index contributed by atoms with van der Waals surface area (Å²) in [5, 5.41) is 4.04. The van der Waals surface area contributed by atoms with Crippen molar-refractivity contribution < 1.29 is 9.59 Å². The van der Waals surface area contributed by atoms with Crippen LogP contribution in [0.3, 0.4) is 0 Å². The highest BCUT2D eigenvalue weighted by molar-refractivity contribution is 5.89. The summed E-state index contributed by atoms with van der Waals surface area (Å²) in [6, 6.07) is 7.58. The smallest absolute Gasteiger partial charge is 0.245 e. The molecular weight excluding hydrogens is 374 g/mol. The van der Waals surface area contributed by atoms with Crippen LogP contribution in [0.5, 0.6) is 0 Å². The lowest BCUT2D eigenvalue weighted by Crippen LogP contribution is -2.54. The second-order valence-electron chi connectivity index (χ2n) is 10.4. The van der Waals surface area contributed by atoms with Gasteiger partial charge < -0.3 is 15.2 Å². The number of aromatic nitrogens is 1. The number of carbonyl (C=O) groups is 2. The maximum atomic E-state index is 13.5. The lowest BCUT2D eigenvalue weighted by Gasteiger charge is -2.57. The molecule has 1 atom stereocenters. The zero-order chi connectivity index (χ0) is 20.9. The molecule has 5 heteroatoms. The van der Waals surface area contributed by atoms with E-state index in [1.807, 2.05) is 36.3 Å². The van der Waals surface area contributed by atoms with Crippen LogP contribution >= 0.6 is 0 Å². The zero-order valence-corrected chi connectivity index (χ0v) is 18.1. The Labute approximate surface area is 178 Å². The fourth-order valence-corrected chi connectivity index (χ4v) is 7.30. The lowest BCUT2D eigenvalue weighted by molar-refractivity contribution is -0.139. The molecule has 160 valence electrons. The van der Waals surface area contributed by atoms with Crippen molar-refractivity contribution in [3.63, 3.8) is 0 Å². The van der Waals surface area contributed by atoms with E-state index in [4.69, 9.17) is 0 Å². The summed E-state index contributed by atoms with van der Waals surface area (Å²) >= 11 is 0. The molecule has 4 aliphatic rings.